The van der Waals surface area contributed by atoms with E-state index in [0.29, 0.717) is 5.02 Å². The summed E-state index contributed by atoms with van der Waals surface area (Å²) in [6.45, 7) is 0. The lowest BCUT2D eigenvalue weighted by Gasteiger charge is -2.07. The van der Waals surface area contributed by atoms with E-state index in [9.17, 15) is 0 Å². The molecule has 0 spiro atoms. The highest BCUT2D eigenvalue weighted by atomic mass is 35.5. The molecular weight excluding hydrogens is 182 g/mol. The molecule has 1 nitrogen and oxygen atoms in total. The van der Waals surface area contributed by atoms with Gasteiger partial charge >= 0.3 is 0 Å². The number of hydrogen-bond donors (Lipinski definition) is 1. The van der Waals surface area contributed by atoms with Crippen LogP contribution in [-0.2, 0) is 0 Å². The maximum atomic E-state index is 5.94. The lowest BCUT2D eigenvalue weighted by atomic mass is 10.0. The molecule has 2 rings (SSSR count). The van der Waals surface area contributed by atoms with E-state index in [2.05, 4.69) is 6.08 Å². The monoisotopic (exact) mass is 193 g/mol. The quantitative estimate of drug-likeness (QED) is 0.679. The third-order valence-electron chi connectivity index (χ3n) is 2.44. The summed E-state index contributed by atoms with van der Waals surface area (Å²) < 4.78 is 0. The van der Waals surface area contributed by atoms with Crippen LogP contribution in [0.4, 0.5) is 5.69 Å². The molecule has 0 unspecified atom stereocenters. The molecule has 1 aliphatic rings. The van der Waals surface area contributed by atoms with Crippen molar-refractivity contribution in [3.8, 4) is 0 Å². The number of nitrogens with two attached hydrogens (primary N) is 1. The van der Waals surface area contributed by atoms with Crippen molar-refractivity contribution < 1.29 is 0 Å². The van der Waals surface area contributed by atoms with Gasteiger partial charge in [-0.25, -0.2) is 0 Å². The Bertz CT molecular complexity index is 355. The van der Waals surface area contributed by atoms with E-state index < -0.39 is 0 Å². The zero-order valence-corrected chi connectivity index (χ0v) is 8.14. The van der Waals surface area contributed by atoms with Gasteiger partial charge in [0.15, 0.2) is 0 Å². The van der Waals surface area contributed by atoms with Crippen LogP contribution in [0.25, 0.3) is 5.57 Å². The number of anilines is 1. The van der Waals surface area contributed by atoms with Crippen LogP contribution in [0.15, 0.2) is 24.3 Å². The molecule has 0 bridgehead atoms. The van der Waals surface area contributed by atoms with Crippen molar-refractivity contribution in [2.75, 3.05) is 5.73 Å². The van der Waals surface area contributed by atoms with Crippen LogP contribution in [0.5, 0.6) is 0 Å². The summed E-state index contributed by atoms with van der Waals surface area (Å²) in [4.78, 5) is 0. The molecule has 2 heteroatoms. The van der Waals surface area contributed by atoms with Crippen molar-refractivity contribution in [1.82, 2.24) is 0 Å². The first-order chi connectivity index (χ1) is 6.29. The second kappa shape index (κ2) is 3.43. The first kappa shape index (κ1) is 8.64. The SMILES string of the molecule is Nc1c(Cl)cccc1C1=CCCC1. The topological polar surface area (TPSA) is 26.0 Å². The molecule has 13 heavy (non-hydrogen) atoms. The van der Waals surface area contributed by atoms with E-state index in [0.717, 1.165) is 17.7 Å². The highest BCUT2D eigenvalue weighted by Gasteiger charge is 2.10. The molecule has 0 aliphatic heterocycles. The maximum Gasteiger partial charge on any atom is 0.0641 e. The Morgan fingerprint density at radius 1 is 1.31 bits per heavy atom. The van der Waals surface area contributed by atoms with Crippen LogP contribution < -0.4 is 5.73 Å². The lowest BCUT2D eigenvalue weighted by Crippen LogP contribution is -1.93. The number of halogens is 1. The molecule has 1 aromatic rings. The van der Waals surface area contributed by atoms with Crippen molar-refractivity contribution in [2.24, 2.45) is 0 Å². The third-order valence-corrected chi connectivity index (χ3v) is 2.77. The van der Waals surface area contributed by atoms with Gasteiger partial charge in [-0.15, -0.1) is 0 Å². The molecule has 0 heterocycles. The normalized spacial score (nSPS) is 15.9. The first-order valence-electron chi connectivity index (χ1n) is 4.52. The van der Waals surface area contributed by atoms with Gasteiger partial charge in [-0.2, -0.15) is 0 Å². The summed E-state index contributed by atoms with van der Waals surface area (Å²) in [5.41, 5.74) is 9.07. The van der Waals surface area contributed by atoms with E-state index in [1.807, 2.05) is 18.2 Å². The van der Waals surface area contributed by atoms with Gasteiger partial charge in [-0.05, 0) is 30.9 Å². The Morgan fingerprint density at radius 3 is 2.85 bits per heavy atom. The fourth-order valence-corrected chi connectivity index (χ4v) is 1.91. The molecule has 0 saturated carbocycles. The van der Waals surface area contributed by atoms with E-state index in [1.54, 1.807) is 0 Å². The minimum atomic E-state index is 0.658. The number of allylic oxidation sites excluding steroid dienone is 2. The predicted molar refractivity (Wildman–Crippen MR) is 57.7 cm³/mol. The van der Waals surface area contributed by atoms with Gasteiger partial charge in [0.1, 0.15) is 0 Å². The highest BCUT2D eigenvalue weighted by Crippen LogP contribution is 2.34. The summed E-state index contributed by atoms with van der Waals surface area (Å²) in [5, 5.41) is 0.658. The number of nitrogen functional groups attached to an aromatic ring is 1. The Kier molecular flexibility index (Phi) is 2.28. The van der Waals surface area contributed by atoms with E-state index in [-0.39, 0.29) is 0 Å². The molecule has 0 saturated heterocycles. The van der Waals surface area contributed by atoms with Crippen LogP contribution in [0.3, 0.4) is 0 Å². The van der Waals surface area contributed by atoms with Gasteiger partial charge in [-0.3, -0.25) is 0 Å². The summed E-state index contributed by atoms with van der Waals surface area (Å²) in [5.74, 6) is 0. The van der Waals surface area contributed by atoms with Crippen molar-refractivity contribution in [3.63, 3.8) is 0 Å². The molecule has 0 aromatic heterocycles. The second-order valence-electron chi connectivity index (χ2n) is 3.32. The minimum absolute atomic E-state index is 0.658. The molecule has 0 fully saturated rings. The van der Waals surface area contributed by atoms with Crippen LogP contribution >= 0.6 is 11.6 Å². The number of para-hydroxylation sites is 1. The number of hydrogen-bond acceptors (Lipinski definition) is 1. The summed E-state index contributed by atoms with van der Waals surface area (Å²) in [7, 11) is 0. The van der Waals surface area contributed by atoms with Crippen molar-refractivity contribution >= 4 is 22.9 Å². The number of benzene rings is 1. The average Bonchev–Trinajstić information content (AvgIpc) is 2.62. The molecule has 1 aliphatic carbocycles. The van der Waals surface area contributed by atoms with Crippen LogP contribution in [0, 0.1) is 0 Å². The summed E-state index contributed by atoms with van der Waals surface area (Å²) in [6.07, 6.45) is 5.79. The van der Waals surface area contributed by atoms with Gasteiger partial charge in [0, 0.05) is 5.56 Å². The Labute approximate surface area is 83.2 Å². The fraction of sp³-hybridized carbons (Fsp3) is 0.273. The van der Waals surface area contributed by atoms with Gasteiger partial charge < -0.3 is 5.73 Å². The number of rotatable bonds is 1. The van der Waals surface area contributed by atoms with Crippen molar-refractivity contribution in [3.05, 3.63) is 34.9 Å². The zero-order chi connectivity index (χ0) is 9.26. The average molecular weight is 194 g/mol. The molecule has 0 radical (unpaired) electrons. The van der Waals surface area contributed by atoms with Gasteiger partial charge in [-0.1, -0.05) is 29.8 Å². The summed E-state index contributed by atoms with van der Waals surface area (Å²) in [6, 6.07) is 5.82. The fourth-order valence-electron chi connectivity index (χ4n) is 1.73. The van der Waals surface area contributed by atoms with Gasteiger partial charge in [0.2, 0.25) is 0 Å². The molecule has 68 valence electrons. The molecule has 2 N–H and O–H groups in total. The zero-order valence-electron chi connectivity index (χ0n) is 7.39. The molecule has 0 amide bonds. The smallest absolute Gasteiger partial charge is 0.0641 e. The first-order valence-corrected chi connectivity index (χ1v) is 4.90. The predicted octanol–water partition coefficient (Wildman–Crippen LogP) is 3.49. The highest BCUT2D eigenvalue weighted by molar-refractivity contribution is 6.33. The molecule has 1 aromatic carbocycles. The third kappa shape index (κ3) is 1.56. The van der Waals surface area contributed by atoms with Crippen LogP contribution in [0.2, 0.25) is 5.02 Å². The molecular formula is C11H12ClN. The van der Waals surface area contributed by atoms with Crippen LogP contribution in [0.1, 0.15) is 24.8 Å². The summed E-state index contributed by atoms with van der Waals surface area (Å²) >= 11 is 5.94. The largest absolute Gasteiger partial charge is 0.397 e. The lowest BCUT2D eigenvalue weighted by molar-refractivity contribution is 0.935. The van der Waals surface area contributed by atoms with Crippen molar-refractivity contribution in [1.29, 1.82) is 0 Å². The minimum Gasteiger partial charge on any atom is -0.397 e. The standard InChI is InChI=1S/C11H12ClN/c12-10-7-3-6-9(11(10)13)8-4-1-2-5-8/h3-4,6-7H,1-2,5,13H2. The van der Waals surface area contributed by atoms with E-state index >= 15 is 0 Å². The Morgan fingerprint density at radius 2 is 2.15 bits per heavy atom. The van der Waals surface area contributed by atoms with Gasteiger partial charge in [0.25, 0.3) is 0 Å². The second-order valence-corrected chi connectivity index (χ2v) is 3.73. The maximum absolute atomic E-state index is 5.94. The Balaban J connectivity index is 2.45. The van der Waals surface area contributed by atoms with E-state index in [1.165, 1.54) is 18.4 Å². The molecule has 0 atom stereocenters. The van der Waals surface area contributed by atoms with Gasteiger partial charge in [0.05, 0.1) is 10.7 Å². The van der Waals surface area contributed by atoms with Crippen molar-refractivity contribution in [2.45, 2.75) is 19.3 Å². The Hall–Kier alpha value is -0.950. The van der Waals surface area contributed by atoms with Crippen LogP contribution in [-0.4, -0.2) is 0 Å². The van der Waals surface area contributed by atoms with E-state index in [4.69, 9.17) is 17.3 Å².